The molecular formula is C2H9BrKP. The van der Waals surface area contributed by atoms with Crippen LogP contribution in [0.1, 0.15) is 6.92 Å². The van der Waals surface area contributed by atoms with Crippen LogP contribution in [0.3, 0.4) is 0 Å². The van der Waals surface area contributed by atoms with Crippen LogP contribution < -0.4 is 0 Å². The molecule has 0 aliphatic rings. The van der Waals surface area contributed by atoms with E-state index in [2.05, 4.69) is 16.2 Å². The van der Waals surface area contributed by atoms with Gasteiger partial charge in [-0.05, 0) is 6.16 Å². The zero-order valence-electron chi connectivity index (χ0n) is 2.69. The summed E-state index contributed by atoms with van der Waals surface area (Å²) >= 11 is 0. The van der Waals surface area contributed by atoms with Crippen LogP contribution in [-0.2, 0) is 0 Å². The Bertz CT molecular complexity index is 9.61. The van der Waals surface area contributed by atoms with Crippen molar-refractivity contribution in [1.29, 1.82) is 0 Å². The molecule has 0 saturated carbocycles. The Morgan fingerprint density at radius 2 is 1.60 bits per heavy atom. The molecule has 0 radical (unpaired) electrons. The van der Waals surface area contributed by atoms with Crippen LogP contribution in [0.5, 0.6) is 0 Å². The third kappa shape index (κ3) is 20.9. The number of hydrogen-bond acceptors (Lipinski definition) is 0. The quantitative estimate of drug-likeness (QED) is 0.385. The van der Waals surface area contributed by atoms with Crippen LogP contribution in [0.4, 0.5) is 0 Å². The Morgan fingerprint density at radius 1 is 1.60 bits per heavy atom. The average Bonchev–Trinajstić information content (AvgIpc) is 0.918. The third-order valence-corrected chi connectivity index (χ3v) is 0. The van der Waals surface area contributed by atoms with Gasteiger partial charge in [0.1, 0.15) is 0 Å². The van der Waals surface area contributed by atoms with Crippen LogP contribution in [0.25, 0.3) is 0 Å². The Kier molecular flexibility index (Phi) is 50.1. The molecule has 3 heteroatoms. The Balaban J connectivity index is -0.0000000200. The van der Waals surface area contributed by atoms with Gasteiger partial charge in [-0.3, -0.25) is 0 Å². The van der Waals surface area contributed by atoms with Gasteiger partial charge in [-0.15, -0.1) is 26.2 Å². The van der Waals surface area contributed by atoms with E-state index in [9.17, 15) is 0 Å². The zero-order valence-corrected chi connectivity index (χ0v) is 5.56. The van der Waals surface area contributed by atoms with Gasteiger partial charge in [0.05, 0.1) is 0 Å². The van der Waals surface area contributed by atoms with Crippen molar-refractivity contribution in [2.75, 3.05) is 6.16 Å². The molecule has 0 aromatic carbocycles. The minimum absolute atomic E-state index is 0. The van der Waals surface area contributed by atoms with Crippen LogP contribution in [0, 0.1) is 0 Å². The Hall–Kier alpha value is 2.55. The zero-order chi connectivity index (χ0) is 2.71. The topological polar surface area (TPSA) is 0 Å². The fraction of sp³-hybridized carbons (Fsp3) is 1.00. The molecule has 0 aliphatic carbocycles. The predicted octanol–water partition coefficient (Wildman–Crippen LogP) is 0.811. The first-order valence-electron chi connectivity index (χ1n) is 1.12. The van der Waals surface area contributed by atoms with E-state index in [1.165, 1.54) is 6.16 Å². The van der Waals surface area contributed by atoms with Crippen molar-refractivity contribution >= 4 is 77.6 Å². The molecule has 1 unspecified atom stereocenters. The van der Waals surface area contributed by atoms with E-state index < -0.39 is 0 Å². The monoisotopic (exact) mass is 182 g/mol. The standard InChI is InChI=1S/C2H7P.BrH.K.H/c1-2-3;;;/h2-3H2,1H3;1H;;. The fourth-order valence-corrected chi connectivity index (χ4v) is 0. The van der Waals surface area contributed by atoms with Crippen molar-refractivity contribution < 1.29 is 0 Å². The number of hydrogen-bond donors (Lipinski definition) is 0. The number of rotatable bonds is 0. The summed E-state index contributed by atoms with van der Waals surface area (Å²) in [5.41, 5.74) is 0. The van der Waals surface area contributed by atoms with Gasteiger partial charge in [0, 0.05) is 0 Å². The van der Waals surface area contributed by atoms with Gasteiger partial charge >= 0.3 is 51.4 Å². The maximum absolute atomic E-state index is 2.58. The van der Waals surface area contributed by atoms with Crippen LogP contribution >= 0.6 is 26.2 Å². The van der Waals surface area contributed by atoms with Gasteiger partial charge in [-0.1, -0.05) is 6.92 Å². The summed E-state index contributed by atoms with van der Waals surface area (Å²) in [4.78, 5) is 0. The molecule has 0 amide bonds. The molecule has 0 saturated heterocycles. The van der Waals surface area contributed by atoms with Crippen LogP contribution in [0.2, 0.25) is 0 Å². The van der Waals surface area contributed by atoms with E-state index in [0.717, 1.165) is 0 Å². The first-order chi connectivity index (χ1) is 1.41. The molecule has 0 spiro atoms. The van der Waals surface area contributed by atoms with E-state index >= 15 is 0 Å². The van der Waals surface area contributed by atoms with Gasteiger partial charge in [-0.2, -0.15) is 0 Å². The van der Waals surface area contributed by atoms with Crippen LogP contribution in [0.15, 0.2) is 0 Å². The first-order valence-corrected chi connectivity index (χ1v) is 1.93. The Morgan fingerprint density at radius 3 is 1.60 bits per heavy atom. The second kappa shape index (κ2) is 16.0. The van der Waals surface area contributed by atoms with Crippen LogP contribution in [-0.4, -0.2) is 57.5 Å². The predicted molar refractivity (Wildman–Crippen MR) is 37.7 cm³/mol. The molecule has 30 valence electrons. The van der Waals surface area contributed by atoms with E-state index in [4.69, 9.17) is 0 Å². The summed E-state index contributed by atoms with van der Waals surface area (Å²) in [5.74, 6) is 0. The molecular weight excluding hydrogens is 174 g/mol. The van der Waals surface area contributed by atoms with Crippen molar-refractivity contribution in [2.24, 2.45) is 0 Å². The summed E-state index contributed by atoms with van der Waals surface area (Å²) < 4.78 is 0. The Labute approximate surface area is 88.9 Å². The summed E-state index contributed by atoms with van der Waals surface area (Å²) in [6.45, 7) is 2.09. The van der Waals surface area contributed by atoms with Gasteiger partial charge in [-0.25, -0.2) is 0 Å². The average molecular weight is 183 g/mol. The van der Waals surface area contributed by atoms with Gasteiger partial charge in [0.25, 0.3) is 0 Å². The van der Waals surface area contributed by atoms with E-state index in [-0.39, 0.29) is 68.4 Å². The molecule has 0 aliphatic heterocycles. The normalized spacial score (nSPS) is 3.60. The molecule has 0 aromatic rings. The van der Waals surface area contributed by atoms with E-state index in [1.807, 2.05) is 0 Å². The maximum atomic E-state index is 2.58. The summed E-state index contributed by atoms with van der Waals surface area (Å²) in [6, 6.07) is 0. The molecule has 0 fully saturated rings. The molecule has 0 aromatic heterocycles. The van der Waals surface area contributed by atoms with Crippen molar-refractivity contribution in [1.82, 2.24) is 0 Å². The number of halogens is 1. The summed E-state index contributed by atoms with van der Waals surface area (Å²) in [5, 5.41) is 0. The molecule has 5 heavy (non-hydrogen) atoms. The fourth-order valence-electron chi connectivity index (χ4n) is 0. The van der Waals surface area contributed by atoms with Gasteiger partial charge in [0.2, 0.25) is 0 Å². The third-order valence-electron chi connectivity index (χ3n) is 0. The molecule has 0 heterocycles. The summed E-state index contributed by atoms with van der Waals surface area (Å²) in [6.07, 6.45) is 1.17. The molecule has 0 bridgehead atoms. The van der Waals surface area contributed by atoms with E-state index in [1.54, 1.807) is 0 Å². The van der Waals surface area contributed by atoms with Crippen molar-refractivity contribution in [3.8, 4) is 0 Å². The SMILES string of the molecule is Br.CCP.[KH]. The molecule has 1 atom stereocenters. The van der Waals surface area contributed by atoms with Gasteiger partial charge in [0.15, 0.2) is 0 Å². The molecule has 0 rings (SSSR count). The minimum atomic E-state index is 0. The second-order valence-electron chi connectivity index (χ2n) is 0.408. The van der Waals surface area contributed by atoms with Crippen molar-refractivity contribution in [3.63, 3.8) is 0 Å². The summed E-state index contributed by atoms with van der Waals surface area (Å²) in [7, 11) is 2.58. The molecule has 0 nitrogen and oxygen atoms in total. The first kappa shape index (κ1) is 15.6. The van der Waals surface area contributed by atoms with Crippen molar-refractivity contribution in [3.05, 3.63) is 0 Å². The second-order valence-corrected chi connectivity index (χ2v) is 1.22. The van der Waals surface area contributed by atoms with Crippen molar-refractivity contribution in [2.45, 2.75) is 6.92 Å². The molecule has 0 N–H and O–H groups in total. The van der Waals surface area contributed by atoms with Gasteiger partial charge < -0.3 is 0 Å². The van der Waals surface area contributed by atoms with E-state index in [0.29, 0.717) is 0 Å².